The summed E-state index contributed by atoms with van der Waals surface area (Å²) in [5.74, 6) is 0.102. The fourth-order valence-electron chi connectivity index (χ4n) is 2.34. The molecule has 3 aromatic rings. The molecular weight excluding hydrogens is 334 g/mol. The standard InChI is InChI=1S/C18H15N5O3/c19-18(24)13-6-4-12(5-7-13)11-20-17-9-8-16(21-22-17)14-2-1-3-15(10-14)23(25)26/h1-10H,11H2,(H2,19,24)(H,20,22). The molecule has 130 valence electrons. The number of carbonyl (C=O) groups excluding carboxylic acids is 1. The number of nitrogens with zero attached hydrogens (tertiary/aromatic N) is 3. The summed E-state index contributed by atoms with van der Waals surface area (Å²) >= 11 is 0. The van der Waals surface area contributed by atoms with Crippen LogP contribution in [0.15, 0.2) is 60.7 Å². The number of aromatic nitrogens is 2. The molecule has 0 unspecified atom stereocenters. The second-order valence-electron chi connectivity index (χ2n) is 5.53. The third kappa shape index (κ3) is 3.99. The van der Waals surface area contributed by atoms with Crippen molar-refractivity contribution >= 4 is 17.4 Å². The number of hydrogen-bond donors (Lipinski definition) is 2. The smallest absolute Gasteiger partial charge is 0.270 e. The molecule has 2 aromatic carbocycles. The van der Waals surface area contributed by atoms with Gasteiger partial charge in [0.2, 0.25) is 5.91 Å². The van der Waals surface area contributed by atoms with Gasteiger partial charge in [-0.15, -0.1) is 10.2 Å². The van der Waals surface area contributed by atoms with Crippen molar-refractivity contribution in [2.24, 2.45) is 5.73 Å². The Morgan fingerprint density at radius 3 is 2.46 bits per heavy atom. The highest BCUT2D eigenvalue weighted by atomic mass is 16.6. The molecule has 8 heteroatoms. The predicted molar refractivity (Wildman–Crippen MR) is 96.4 cm³/mol. The number of nitro benzene ring substituents is 1. The quantitative estimate of drug-likeness (QED) is 0.521. The van der Waals surface area contributed by atoms with E-state index in [2.05, 4.69) is 15.5 Å². The van der Waals surface area contributed by atoms with E-state index < -0.39 is 10.8 Å². The summed E-state index contributed by atoms with van der Waals surface area (Å²) in [5.41, 5.74) is 7.80. The number of rotatable bonds is 6. The van der Waals surface area contributed by atoms with Crippen molar-refractivity contribution in [3.05, 3.63) is 81.9 Å². The zero-order valence-electron chi connectivity index (χ0n) is 13.6. The Bertz CT molecular complexity index is 940. The van der Waals surface area contributed by atoms with Crippen LogP contribution >= 0.6 is 0 Å². The fraction of sp³-hybridized carbons (Fsp3) is 0.0556. The average molecular weight is 349 g/mol. The average Bonchev–Trinajstić information content (AvgIpc) is 2.67. The van der Waals surface area contributed by atoms with Crippen molar-refractivity contribution in [3.63, 3.8) is 0 Å². The SMILES string of the molecule is NC(=O)c1ccc(CNc2ccc(-c3cccc([N+](=O)[O-])c3)nn2)cc1. The molecular formula is C18H15N5O3. The molecule has 26 heavy (non-hydrogen) atoms. The molecule has 8 nitrogen and oxygen atoms in total. The maximum Gasteiger partial charge on any atom is 0.270 e. The molecule has 0 saturated carbocycles. The summed E-state index contributed by atoms with van der Waals surface area (Å²) in [4.78, 5) is 21.5. The molecule has 0 aliphatic rings. The maximum atomic E-state index is 11.0. The Hall–Kier alpha value is -3.81. The lowest BCUT2D eigenvalue weighted by Gasteiger charge is -2.06. The third-order valence-corrected chi connectivity index (χ3v) is 3.73. The zero-order chi connectivity index (χ0) is 18.5. The molecule has 0 atom stereocenters. The summed E-state index contributed by atoms with van der Waals surface area (Å²) < 4.78 is 0. The van der Waals surface area contributed by atoms with Gasteiger partial charge in [0.25, 0.3) is 5.69 Å². The van der Waals surface area contributed by atoms with Crippen LogP contribution in [-0.2, 0) is 6.54 Å². The predicted octanol–water partition coefficient (Wildman–Crippen LogP) is 2.76. The highest BCUT2D eigenvalue weighted by Crippen LogP contribution is 2.22. The molecule has 1 heterocycles. The van der Waals surface area contributed by atoms with Crippen LogP contribution in [0.1, 0.15) is 15.9 Å². The van der Waals surface area contributed by atoms with Crippen molar-refractivity contribution in [1.29, 1.82) is 0 Å². The molecule has 0 spiro atoms. The first-order valence-corrected chi connectivity index (χ1v) is 7.74. The topological polar surface area (TPSA) is 124 Å². The van der Waals surface area contributed by atoms with E-state index in [1.165, 1.54) is 12.1 Å². The van der Waals surface area contributed by atoms with E-state index in [0.29, 0.717) is 29.2 Å². The van der Waals surface area contributed by atoms with Crippen molar-refractivity contribution < 1.29 is 9.72 Å². The molecule has 0 radical (unpaired) electrons. The van der Waals surface area contributed by atoms with E-state index in [0.717, 1.165) is 5.56 Å². The number of anilines is 1. The van der Waals surface area contributed by atoms with Crippen molar-refractivity contribution in [3.8, 4) is 11.3 Å². The number of non-ortho nitro benzene ring substituents is 1. The number of amides is 1. The van der Waals surface area contributed by atoms with E-state index in [9.17, 15) is 14.9 Å². The summed E-state index contributed by atoms with van der Waals surface area (Å²) in [6.07, 6.45) is 0. The number of nitrogens with one attached hydrogen (secondary N) is 1. The largest absolute Gasteiger partial charge is 0.366 e. The minimum absolute atomic E-state index is 0.00547. The highest BCUT2D eigenvalue weighted by molar-refractivity contribution is 5.92. The molecule has 0 bridgehead atoms. The first-order valence-electron chi connectivity index (χ1n) is 7.74. The van der Waals surface area contributed by atoms with Crippen LogP contribution in [-0.4, -0.2) is 21.0 Å². The van der Waals surface area contributed by atoms with Crippen LogP contribution < -0.4 is 11.1 Å². The number of primary amides is 1. The van der Waals surface area contributed by atoms with Crippen LogP contribution in [0.4, 0.5) is 11.5 Å². The third-order valence-electron chi connectivity index (χ3n) is 3.73. The summed E-state index contributed by atoms with van der Waals surface area (Å²) in [7, 11) is 0. The lowest BCUT2D eigenvalue weighted by Crippen LogP contribution is -2.11. The first-order chi connectivity index (χ1) is 12.5. The second-order valence-corrected chi connectivity index (χ2v) is 5.53. The van der Waals surface area contributed by atoms with Gasteiger partial charge in [-0.05, 0) is 29.8 Å². The van der Waals surface area contributed by atoms with Crippen LogP contribution in [0.25, 0.3) is 11.3 Å². The number of nitrogens with two attached hydrogens (primary N) is 1. The van der Waals surface area contributed by atoms with Crippen LogP contribution in [0.3, 0.4) is 0 Å². The normalized spacial score (nSPS) is 10.3. The Kier molecular flexibility index (Phi) is 4.84. The lowest BCUT2D eigenvalue weighted by atomic mass is 10.1. The highest BCUT2D eigenvalue weighted by Gasteiger charge is 2.08. The molecule has 3 N–H and O–H groups in total. The fourth-order valence-corrected chi connectivity index (χ4v) is 2.34. The Labute approximate surface area is 148 Å². The van der Waals surface area contributed by atoms with Gasteiger partial charge in [-0.25, -0.2) is 0 Å². The Morgan fingerprint density at radius 2 is 1.85 bits per heavy atom. The summed E-state index contributed by atoms with van der Waals surface area (Å²) in [6.45, 7) is 0.504. The zero-order valence-corrected chi connectivity index (χ0v) is 13.6. The van der Waals surface area contributed by atoms with Gasteiger partial charge in [0, 0.05) is 29.8 Å². The van der Waals surface area contributed by atoms with E-state index in [4.69, 9.17) is 5.73 Å². The van der Waals surface area contributed by atoms with Gasteiger partial charge in [-0.1, -0.05) is 24.3 Å². The lowest BCUT2D eigenvalue weighted by molar-refractivity contribution is -0.384. The van der Waals surface area contributed by atoms with Gasteiger partial charge in [-0.2, -0.15) is 0 Å². The minimum atomic E-state index is -0.466. The van der Waals surface area contributed by atoms with Gasteiger partial charge in [0.15, 0.2) is 0 Å². The van der Waals surface area contributed by atoms with Crippen LogP contribution in [0, 0.1) is 10.1 Å². The molecule has 0 aliphatic heterocycles. The number of benzene rings is 2. The molecule has 1 aromatic heterocycles. The van der Waals surface area contributed by atoms with E-state index in [-0.39, 0.29) is 5.69 Å². The van der Waals surface area contributed by atoms with Crippen LogP contribution in [0.2, 0.25) is 0 Å². The van der Waals surface area contributed by atoms with E-state index >= 15 is 0 Å². The minimum Gasteiger partial charge on any atom is -0.366 e. The van der Waals surface area contributed by atoms with Gasteiger partial charge >= 0.3 is 0 Å². The van der Waals surface area contributed by atoms with Gasteiger partial charge < -0.3 is 11.1 Å². The van der Waals surface area contributed by atoms with E-state index in [1.807, 2.05) is 0 Å². The maximum absolute atomic E-state index is 11.0. The Balaban J connectivity index is 1.67. The van der Waals surface area contributed by atoms with Crippen molar-refractivity contribution in [2.45, 2.75) is 6.54 Å². The first kappa shape index (κ1) is 17.0. The van der Waals surface area contributed by atoms with Crippen LogP contribution in [0.5, 0.6) is 0 Å². The van der Waals surface area contributed by atoms with E-state index in [1.54, 1.807) is 48.5 Å². The summed E-state index contributed by atoms with van der Waals surface area (Å²) in [6, 6.07) is 16.7. The molecule has 0 aliphatic carbocycles. The molecule has 3 rings (SSSR count). The molecule has 1 amide bonds. The van der Waals surface area contributed by atoms with Crippen molar-refractivity contribution in [2.75, 3.05) is 5.32 Å². The summed E-state index contributed by atoms with van der Waals surface area (Å²) in [5, 5.41) is 22.2. The molecule has 0 fully saturated rings. The number of nitro groups is 1. The van der Waals surface area contributed by atoms with Gasteiger partial charge in [0.05, 0.1) is 10.6 Å². The molecule has 0 saturated heterocycles. The second kappa shape index (κ2) is 7.39. The number of carbonyl (C=O) groups is 1. The van der Waals surface area contributed by atoms with Gasteiger partial charge in [-0.3, -0.25) is 14.9 Å². The van der Waals surface area contributed by atoms with Crippen molar-refractivity contribution in [1.82, 2.24) is 10.2 Å². The van der Waals surface area contributed by atoms with Gasteiger partial charge in [0.1, 0.15) is 5.82 Å². The number of hydrogen-bond acceptors (Lipinski definition) is 6. The monoisotopic (exact) mass is 349 g/mol. The Morgan fingerprint density at radius 1 is 1.08 bits per heavy atom.